The normalized spacial score (nSPS) is 24.7. The van der Waals surface area contributed by atoms with Gasteiger partial charge in [0.25, 0.3) is 0 Å². The van der Waals surface area contributed by atoms with E-state index in [2.05, 4.69) is 16.9 Å². The average molecular weight is 334 g/mol. The van der Waals surface area contributed by atoms with Gasteiger partial charge in [0.1, 0.15) is 0 Å². The lowest BCUT2D eigenvalue weighted by Crippen LogP contribution is -2.46. The van der Waals surface area contributed by atoms with Crippen LogP contribution in [0, 0.1) is 19.8 Å². The van der Waals surface area contributed by atoms with Crippen molar-refractivity contribution in [2.24, 2.45) is 5.92 Å². The SMILES string of the molecule is Cc1cc(C)n(CCC(=O)N2C[C@H]3COC[C@@H]2CN(C)C3)c(=O)n1. The van der Waals surface area contributed by atoms with E-state index in [4.69, 9.17) is 4.74 Å². The Bertz CT molecular complexity index is 672. The van der Waals surface area contributed by atoms with E-state index in [1.54, 1.807) is 11.5 Å². The highest BCUT2D eigenvalue weighted by atomic mass is 16.5. The smallest absolute Gasteiger partial charge is 0.347 e. The molecular weight excluding hydrogens is 308 g/mol. The van der Waals surface area contributed by atoms with Crippen LogP contribution in [0.25, 0.3) is 0 Å². The molecule has 0 N–H and O–H groups in total. The summed E-state index contributed by atoms with van der Waals surface area (Å²) in [5.41, 5.74) is 1.28. The fourth-order valence-electron chi connectivity index (χ4n) is 3.78. The molecule has 0 saturated carbocycles. The van der Waals surface area contributed by atoms with E-state index in [0.717, 1.165) is 25.3 Å². The van der Waals surface area contributed by atoms with E-state index in [-0.39, 0.29) is 17.6 Å². The lowest BCUT2D eigenvalue weighted by atomic mass is 10.1. The molecule has 24 heavy (non-hydrogen) atoms. The number of ether oxygens (including phenoxy) is 1. The summed E-state index contributed by atoms with van der Waals surface area (Å²) >= 11 is 0. The number of nitrogens with zero attached hydrogens (tertiary/aromatic N) is 4. The summed E-state index contributed by atoms with van der Waals surface area (Å²) in [6.45, 7) is 7.91. The number of carbonyl (C=O) groups excluding carboxylic acids is 1. The number of fused-ring (bicyclic) bond motifs is 3. The molecule has 2 bridgehead atoms. The van der Waals surface area contributed by atoms with Crippen LogP contribution in [0.3, 0.4) is 0 Å². The highest BCUT2D eigenvalue weighted by Crippen LogP contribution is 2.19. The summed E-state index contributed by atoms with van der Waals surface area (Å²) in [5, 5.41) is 0. The number of hydrogen-bond donors (Lipinski definition) is 0. The summed E-state index contributed by atoms with van der Waals surface area (Å²) in [5.74, 6) is 0.453. The van der Waals surface area contributed by atoms with Crippen molar-refractivity contribution >= 4 is 5.91 Å². The van der Waals surface area contributed by atoms with E-state index in [1.807, 2.05) is 17.9 Å². The molecule has 1 aromatic heterocycles. The molecule has 3 rings (SSSR count). The van der Waals surface area contributed by atoms with Crippen molar-refractivity contribution in [2.75, 3.05) is 39.9 Å². The maximum atomic E-state index is 12.8. The van der Waals surface area contributed by atoms with Crippen molar-refractivity contribution in [1.82, 2.24) is 19.4 Å². The first kappa shape index (κ1) is 17.1. The maximum Gasteiger partial charge on any atom is 0.347 e. The van der Waals surface area contributed by atoms with Gasteiger partial charge in [-0.3, -0.25) is 9.36 Å². The number of likely N-dealkylation sites (N-methyl/N-ethyl adjacent to an activating group) is 1. The van der Waals surface area contributed by atoms with Crippen molar-refractivity contribution in [3.05, 3.63) is 27.9 Å². The largest absolute Gasteiger partial charge is 0.379 e. The standard InChI is InChI=1S/C17H26N4O3/c1-12-6-13(2)20(17(23)18-12)5-4-16(22)21-8-14-7-19(3)9-15(21)11-24-10-14/h6,14-15H,4-5,7-11H2,1-3H3/t14-,15-/m0/s1. The third-order valence-corrected chi connectivity index (χ3v) is 4.87. The Morgan fingerprint density at radius 1 is 1.29 bits per heavy atom. The molecule has 3 heterocycles. The second-order valence-corrected chi connectivity index (χ2v) is 7.05. The third kappa shape index (κ3) is 3.67. The zero-order chi connectivity index (χ0) is 17.3. The first-order valence-corrected chi connectivity index (χ1v) is 8.55. The maximum absolute atomic E-state index is 12.8. The highest BCUT2D eigenvalue weighted by Gasteiger charge is 2.34. The predicted octanol–water partition coefficient (Wildman–Crippen LogP) is 0.0392. The van der Waals surface area contributed by atoms with Gasteiger partial charge in [0.15, 0.2) is 0 Å². The molecule has 2 fully saturated rings. The van der Waals surface area contributed by atoms with Crippen LogP contribution in [0.4, 0.5) is 0 Å². The minimum absolute atomic E-state index is 0.0951. The van der Waals surface area contributed by atoms with Crippen LogP contribution < -0.4 is 5.69 Å². The summed E-state index contributed by atoms with van der Waals surface area (Å²) < 4.78 is 7.30. The number of carbonyl (C=O) groups is 1. The Labute approximate surface area is 142 Å². The summed E-state index contributed by atoms with van der Waals surface area (Å²) in [4.78, 5) is 33.0. The first-order valence-electron chi connectivity index (χ1n) is 8.55. The minimum Gasteiger partial charge on any atom is -0.379 e. The fourth-order valence-corrected chi connectivity index (χ4v) is 3.78. The topological polar surface area (TPSA) is 67.7 Å². The van der Waals surface area contributed by atoms with Gasteiger partial charge in [-0.1, -0.05) is 0 Å². The molecular formula is C17H26N4O3. The van der Waals surface area contributed by atoms with Crippen molar-refractivity contribution in [3.63, 3.8) is 0 Å². The van der Waals surface area contributed by atoms with Crippen LogP contribution in [-0.4, -0.2) is 71.2 Å². The average Bonchev–Trinajstić information content (AvgIpc) is 2.76. The predicted molar refractivity (Wildman–Crippen MR) is 89.9 cm³/mol. The van der Waals surface area contributed by atoms with Gasteiger partial charge in [-0.15, -0.1) is 0 Å². The van der Waals surface area contributed by atoms with E-state index < -0.39 is 0 Å². The molecule has 0 radical (unpaired) electrons. The zero-order valence-electron chi connectivity index (χ0n) is 14.7. The molecule has 0 spiro atoms. The molecule has 7 heteroatoms. The molecule has 0 aliphatic carbocycles. The van der Waals surface area contributed by atoms with Crippen molar-refractivity contribution < 1.29 is 9.53 Å². The second kappa shape index (κ2) is 7.03. The molecule has 0 unspecified atom stereocenters. The van der Waals surface area contributed by atoms with Crippen molar-refractivity contribution in [2.45, 2.75) is 32.9 Å². The molecule has 0 aromatic carbocycles. The van der Waals surface area contributed by atoms with Gasteiger partial charge >= 0.3 is 5.69 Å². The molecule has 132 valence electrons. The van der Waals surface area contributed by atoms with Crippen LogP contribution in [0.2, 0.25) is 0 Å². The Balaban J connectivity index is 1.70. The number of hydrogen-bond acceptors (Lipinski definition) is 5. The molecule has 2 aliphatic heterocycles. The molecule has 2 aliphatic rings. The van der Waals surface area contributed by atoms with Gasteiger partial charge in [0.05, 0.1) is 19.3 Å². The Morgan fingerprint density at radius 3 is 2.83 bits per heavy atom. The molecule has 1 amide bonds. The highest BCUT2D eigenvalue weighted by molar-refractivity contribution is 5.76. The summed E-state index contributed by atoms with van der Waals surface area (Å²) in [7, 11) is 2.10. The van der Waals surface area contributed by atoms with Gasteiger partial charge in [-0.05, 0) is 27.0 Å². The van der Waals surface area contributed by atoms with Gasteiger partial charge in [0.2, 0.25) is 5.91 Å². The minimum atomic E-state index is -0.280. The van der Waals surface area contributed by atoms with E-state index in [9.17, 15) is 9.59 Å². The third-order valence-electron chi connectivity index (χ3n) is 4.87. The van der Waals surface area contributed by atoms with E-state index in [1.165, 1.54) is 0 Å². The zero-order valence-corrected chi connectivity index (χ0v) is 14.7. The van der Waals surface area contributed by atoms with E-state index in [0.29, 0.717) is 37.8 Å². The first-order chi connectivity index (χ1) is 11.4. The Hall–Kier alpha value is -1.73. The second-order valence-electron chi connectivity index (χ2n) is 7.05. The van der Waals surface area contributed by atoms with Crippen LogP contribution in [0.15, 0.2) is 10.9 Å². The molecule has 7 nitrogen and oxygen atoms in total. The summed E-state index contributed by atoms with van der Waals surface area (Å²) in [6.07, 6.45) is 0.318. The fraction of sp³-hybridized carbons (Fsp3) is 0.706. The number of aromatic nitrogens is 2. The number of rotatable bonds is 3. The lowest BCUT2D eigenvalue weighted by Gasteiger charge is -2.30. The van der Waals surface area contributed by atoms with Gasteiger partial charge in [-0.2, -0.15) is 4.98 Å². The Morgan fingerprint density at radius 2 is 2.08 bits per heavy atom. The molecule has 1 aromatic rings. The number of amides is 1. The lowest BCUT2D eigenvalue weighted by molar-refractivity contribution is -0.134. The van der Waals surface area contributed by atoms with Crippen molar-refractivity contribution in [3.8, 4) is 0 Å². The van der Waals surface area contributed by atoms with Crippen LogP contribution in [-0.2, 0) is 16.1 Å². The van der Waals surface area contributed by atoms with Crippen molar-refractivity contribution in [1.29, 1.82) is 0 Å². The van der Waals surface area contributed by atoms with E-state index >= 15 is 0 Å². The van der Waals surface area contributed by atoms with Crippen LogP contribution in [0.1, 0.15) is 17.8 Å². The molecule has 2 saturated heterocycles. The van der Waals surface area contributed by atoms with Crippen LogP contribution in [0.5, 0.6) is 0 Å². The Kier molecular flexibility index (Phi) is 5.01. The monoisotopic (exact) mass is 334 g/mol. The molecule has 2 atom stereocenters. The van der Waals surface area contributed by atoms with Gasteiger partial charge < -0.3 is 14.5 Å². The van der Waals surface area contributed by atoms with Gasteiger partial charge in [-0.25, -0.2) is 4.79 Å². The van der Waals surface area contributed by atoms with Crippen LogP contribution >= 0.6 is 0 Å². The summed E-state index contributed by atoms with van der Waals surface area (Å²) in [6, 6.07) is 1.97. The quantitative estimate of drug-likeness (QED) is 0.781. The van der Waals surface area contributed by atoms with Gasteiger partial charge in [0, 0.05) is 49.9 Å². The number of aryl methyl sites for hydroxylation is 2.